The summed E-state index contributed by atoms with van der Waals surface area (Å²) in [6.07, 6.45) is 1.16. The zero-order valence-electron chi connectivity index (χ0n) is 27.5. The van der Waals surface area contributed by atoms with Gasteiger partial charge in [0, 0.05) is 60.3 Å². The van der Waals surface area contributed by atoms with Crippen molar-refractivity contribution in [3.05, 3.63) is 93.6 Å². The van der Waals surface area contributed by atoms with Crippen molar-refractivity contribution < 1.29 is 33.6 Å². The van der Waals surface area contributed by atoms with Gasteiger partial charge in [-0.1, -0.05) is 42.5 Å². The molecule has 2 atom stereocenters. The first-order valence-corrected chi connectivity index (χ1v) is 17.0. The molecule has 0 radical (unpaired) electrons. The number of methoxy groups -OCH3 is 2. The van der Waals surface area contributed by atoms with E-state index < -0.39 is 6.09 Å². The van der Waals surface area contributed by atoms with Crippen LogP contribution in [0.25, 0.3) is 10.9 Å². The number of carboxylic acid groups (broad SMARTS) is 1. The van der Waals surface area contributed by atoms with Crippen LogP contribution in [-0.2, 0) is 34.0 Å². The van der Waals surface area contributed by atoms with Crippen molar-refractivity contribution in [3.63, 3.8) is 0 Å². The number of rotatable bonds is 16. The molecule has 2 heterocycles. The topological polar surface area (TPSA) is 91.6 Å². The molecule has 1 saturated heterocycles. The van der Waals surface area contributed by atoms with Gasteiger partial charge in [0.15, 0.2) is 0 Å². The summed E-state index contributed by atoms with van der Waals surface area (Å²) in [6, 6.07) is 22.4. The van der Waals surface area contributed by atoms with Gasteiger partial charge >= 0.3 is 6.09 Å². The number of ether oxygens (including phenoxy) is 5. The smallest absolute Gasteiger partial charge is 0.407 e. The van der Waals surface area contributed by atoms with Gasteiger partial charge in [0.2, 0.25) is 0 Å². The fourth-order valence-corrected chi connectivity index (χ4v) is 6.95. The molecule has 0 aliphatic carbocycles. The molecular formula is C37H45BrN2O7. The van der Waals surface area contributed by atoms with Crippen molar-refractivity contribution in [2.45, 2.75) is 58.0 Å². The third kappa shape index (κ3) is 8.87. The van der Waals surface area contributed by atoms with Crippen molar-refractivity contribution in [2.24, 2.45) is 0 Å². The van der Waals surface area contributed by atoms with E-state index in [1.807, 2.05) is 36.4 Å². The van der Waals surface area contributed by atoms with Crippen LogP contribution in [0.2, 0.25) is 0 Å². The summed E-state index contributed by atoms with van der Waals surface area (Å²) in [7, 11) is 3.39. The first-order chi connectivity index (χ1) is 22.9. The van der Waals surface area contributed by atoms with Crippen LogP contribution in [0.1, 0.15) is 47.6 Å². The Morgan fingerprint density at radius 3 is 2.53 bits per heavy atom. The van der Waals surface area contributed by atoms with Crippen LogP contribution in [0.5, 0.6) is 11.5 Å². The van der Waals surface area contributed by atoms with Gasteiger partial charge in [0.1, 0.15) is 11.5 Å². The Labute approximate surface area is 285 Å². The normalized spacial score (nSPS) is 16.5. The van der Waals surface area contributed by atoms with Crippen LogP contribution in [0, 0.1) is 6.92 Å². The van der Waals surface area contributed by atoms with E-state index in [9.17, 15) is 9.90 Å². The van der Waals surface area contributed by atoms with E-state index in [1.165, 1.54) is 16.0 Å². The maximum absolute atomic E-state index is 11.9. The second-order valence-electron chi connectivity index (χ2n) is 11.9. The van der Waals surface area contributed by atoms with E-state index in [0.717, 1.165) is 57.6 Å². The Morgan fingerprint density at radius 2 is 1.77 bits per heavy atom. The van der Waals surface area contributed by atoms with E-state index >= 15 is 0 Å². The lowest BCUT2D eigenvalue weighted by atomic mass is 9.87. The monoisotopic (exact) mass is 708 g/mol. The summed E-state index contributed by atoms with van der Waals surface area (Å²) in [5.41, 5.74) is 5.51. The minimum absolute atomic E-state index is 0.0608. The Kier molecular flexibility index (Phi) is 12.6. The molecule has 1 aromatic heterocycles. The van der Waals surface area contributed by atoms with E-state index in [2.05, 4.69) is 57.8 Å². The number of fused-ring (bicyclic) bond motifs is 1. The van der Waals surface area contributed by atoms with Crippen molar-refractivity contribution in [1.29, 1.82) is 0 Å². The summed E-state index contributed by atoms with van der Waals surface area (Å²) in [6.45, 7) is 6.47. The van der Waals surface area contributed by atoms with E-state index in [4.69, 9.17) is 23.7 Å². The summed E-state index contributed by atoms with van der Waals surface area (Å²) in [5.74, 6) is 1.68. The summed E-state index contributed by atoms with van der Waals surface area (Å²) in [5, 5.41) is 10.9. The number of piperidine rings is 1. The number of hydrogen-bond acceptors (Lipinski definition) is 6. The molecule has 1 N–H and O–H groups in total. The molecule has 252 valence electrons. The molecule has 2 unspecified atom stereocenters. The summed E-state index contributed by atoms with van der Waals surface area (Å²) in [4.78, 5) is 13.4. The number of aryl methyl sites for hydroxylation is 2. The molecule has 1 fully saturated rings. The molecule has 9 nitrogen and oxygen atoms in total. The Balaban J connectivity index is 1.18. The highest BCUT2D eigenvalue weighted by Crippen LogP contribution is 2.35. The van der Waals surface area contributed by atoms with E-state index in [0.29, 0.717) is 52.5 Å². The average Bonchev–Trinajstić information content (AvgIpc) is 3.41. The molecule has 0 bridgehead atoms. The Morgan fingerprint density at radius 1 is 0.957 bits per heavy atom. The second kappa shape index (κ2) is 17.0. The lowest BCUT2D eigenvalue weighted by molar-refractivity contribution is -0.0201. The second-order valence-corrected chi connectivity index (χ2v) is 12.7. The van der Waals surface area contributed by atoms with Gasteiger partial charge < -0.3 is 38.3 Å². The van der Waals surface area contributed by atoms with Gasteiger partial charge in [-0.3, -0.25) is 0 Å². The van der Waals surface area contributed by atoms with E-state index in [-0.39, 0.29) is 12.0 Å². The molecule has 5 rings (SSSR count). The van der Waals surface area contributed by atoms with Crippen molar-refractivity contribution in [3.8, 4) is 11.5 Å². The maximum atomic E-state index is 11.9. The average molecular weight is 710 g/mol. The number of benzene rings is 3. The number of halogens is 1. The molecular weight excluding hydrogens is 664 g/mol. The third-order valence-corrected chi connectivity index (χ3v) is 9.65. The first kappa shape index (κ1) is 34.8. The zero-order valence-corrected chi connectivity index (χ0v) is 29.0. The number of hydrogen-bond donors (Lipinski definition) is 1. The number of amides is 1. The number of nitrogens with zero attached hydrogens (tertiary/aromatic N) is 2. The molecule has 1 aliphatic rings. The summed E-state index contributed by atoms with van der Waals surface area (Å²) < 4.78 is 32.3. The minimum Gasteiger partial charge on any atom is -0.496 e. The highest BCUT2D eigenvalue weighted by Gasteiger charge is 2.33. The predicted molar refractivity (Wildman–Crippen MR) is 186 cm³/mol. The SMILES string of the molecule is COCCCn1c(C)cc2ccc(COC3CN(C(=O)O)CCC3c3ccc(OCCCOCc4ccccc4OC)cc3)c(Br)c21. The Bertz CT molecular complexity index is 1610. The van der Waals surface area contributed by atoms with Gasteiger partial charge in [0.05, 0.1) is 51.7 Å². The predicted octanol–water partition coefficient (Wildman–Crippen LogP) is 7.80. The van der Waals surface area contributed by atoms with Crippen LogP contribution < -0.4 is 9.47 Å². The Hall–Kier alpha value is -3.57. The van der Waals surface area contributed by atoms with Crippen LogP contribution in [0.3, 0.4) is 0 Å². The van der Waals surface area contributed by atoms with Gasteiger partial charge in [0.25, 0.3) is 0 Å². The molecule has 1 aliphatic heterocycles. The zero-order chi connectivity index (χ0) is 33.2. The lowest BCUT2D eigenvalue weighted by Crippen LogP contribution is -2.46. The quantitative estimate of drug-likeness (QED) is 0.119. The number of para-hydroxylation sites is 1. The first-order valence-electron chi connectivity index (χ1n) is 16.2. The van der Waals surface area contributed by atoms with Crippen molar-refractivity contribution in [1.82, 2.24) is 9.47 Å². The van der Waals surface area contributed by atoms with Crippen LogP contribution in [-0.4, -0.2) is 73.9 Å². The molecule has 47 heavy (non-hydrogen) atoms. The third-order valence-electron chi connectivity index (χ3n) is 8.76. The molecule has 1 amide bonds. The lowest BCUT2D eigenvalue weighted by Gasteiger charge is -2.37. The molecule has 3 aromatic carbocycles. The largest absolute Gasteiger partial charge is 0.496 e. The summed E-state index contributed by atoms with van der Waals surface area (Å²) >= 11 is 3.87. The minimum atomic E-state index is -0.917. The van der Waals surface area contributed by atoms with Gasteiger partial charge in [-0.15, -0.1) is 0 Å². The van der Waals surface area contributed by atoms with Crippen LogP contribution in [0.15, 0.2) is 71.2 Å². The molecule has 4 aromatic rings. The van der Waals surface area contributed by atoms with E-state index in [1.54, 1.807) is 14.2 Å². The fraction of sp³-hybridized carbons (Fsp3) is 0.432. The van der Waals surface area contributed by atoms with Crippen LogP contribution >= 0.6 is 15.9 Å². The number of likely N-dealkylation sites (tertiary alicyclic amines) is 1. The highest BCUT2D eigenvalue weighted by atomic mass is 79.9. The number of aromatic nitrogens is 1. The highest BCUT2D eigenvalue weighted by molar-refractivity contribution is 9.10. The van der Waals surface area contributed by atoms with Crippen LogP contribution in [0.4, 0.5) is 4.79 Å². The molecule has 0 saturated carbocycles. The van der Waals surface area contributed by atoms with Gasteiger partial charge in [-0.25, -0.2) is 4.79 Å². The van der Waals surface area contributed by atoms with Crippen molar-refractivity contribution in [2.75, 3.05) is 47.1 Å². The standard InChI is InChI=1S/C37H45BrN2O7/c1-26-22-28-10-11-30(35(38)36(28)40(26)17-6-19-43-2)25-47-34-23-39(37(41)42)18-16-32(34)27-12-14-31(15-13-27)46-21-7-20-45-24-29-8-4-5-9-33(29)44-3/h4-5,8-15,22,32,34H,6-7,16-21,23-25H2,1-3H3,(H,41,42). The van der Waals surface area contributed by atoms with Crippen molar-refractivity contribution >= 4 is 32.9 Å². The van der Waals surface area contributed by atoms with Gasteiger partial charge in [-0.2, -0.15) is 0 Å². The van der Waals surface area contributed by atoms with Gasteiger partial charge in [-0.05, 0) is 71.1 Å². The molecule has 0 spiro atoms. The molecule has 10 heteroatoms. The number of carbonyl (C=O) groups is 1. The fourth-order valence-electron chi connectivity index (χ4n) is 6.26. The maximum Gasteiger partial charge on any atom is 0.407 e.